The molecule has 0 spiro atoms. The molecule has 0 aliphatic carbocycles. The minimum absolute atomic E-state index is 0.267. The predicted octanol–water partition coefficient (Wildman–Crippen LogP) is 3.65. The Bertz CT molecular complexity index is 616. The molecule has 0 amide bonds. The molecule has 21 heavy (non-hydrogen) atoms. The summed E-state index contributed by atoms with van der Waals surface area (Å²) in [5.41, 5.74) is 1.44. The van der Waals surface area contributed by atoms with Crippen LogP contribution in [0.4, 0.5) is 0 Å². The third-order valence-corrected chi connectivity index (χ3v) is 3.79. The van der Waals surface area contributed by atoms with E-state index in [1.807, 2.05) is 31.2 Å². The van der Waals surface area contributed by atoms with E-state index in [2.05, 4.69) is 4.98 Å². The summed E-state index contributed by atoms with van der Waals surface area (Å²) in [6.07, 6.45) is 2.40. The van der Waals surface area contributed by atoms with Gasteiger partial charge in [-0.15, -0.1) is 11.8 Å². The van der Waals surface area contributed by atoms with Crippen molar-refractivity contribution in [3.8, 4) is 5.75 Å². The van der Waals surface area contributed by atoms with Gasteiger partial charge in [-0.1, -0.05) is 12.1 Å². The minimum atomic E-state index is -0.929. The van der Waals surface area contributed by atoms with Gasteiger partial charge in [0, 0.05) is 11.9 Å². The molecule has 110 valence electrons. The standard InChI is InChI=1S/C16H17NO3S/c1-12-4-2-5-14(10-12)20-8-3-9-21-15-11-13(16(18)19)6-7-17-15/h2,4-7,10-11H,3,8-9H2,1H3,(H,18,19). The molecule has 1 heterocycles. The number of nitrogens with zero attached hydrogens (tertiary/aromatic N) is 1. The fraction of sp³-hybridized carbons (Fsp3) is 0.250. The van der Waals surface area contributed by atoms with Crippen LogP contribution in [-0.4, -0.2) is 28.4 Å². The Hall–Kier alpha value is -2.01. The summed E-state index contributed by atoms with van der Waals surface area (Å²) < 4.78 is 5.66. The molecule has 0 fully saturated rings. The van der Waals surface area contributed by atoms with Crippen molar-refractivity contribution in [1.82, 2.24) is 4.98 Å². The Balaban J connectivity index is 1.72. The van der Waals surface area contributed by atoms with E-state index in [4.69, 9.17) is 9.84 Å². The average molecular weight is 303 g/mol. The number of thioether (sulfide) groups is 1. The third-order valence-electron chi connectivity index (χ3n) is 2.78. The number of pyridine rings is 1. The van der Waals surface area contributed by atoms with Crippen molar-refractivity contribution in [2.45, 2.75) is 18.4 Å². The van der Waals surface area contributed by atoms with Gasteiger partial charge < -0.3 is 9.84 Å². The van der Waals surface area contributed by atoms with E-state index in [-0.39, 0.29) is 5.56 Å². The Labute approximate surface area is 128 Å². The molecule has 0 radical (unpaired) electrons. The van der Waals surface area contributed by atoms with Crippen LogP contribution in [0.25, 0.3) is 0 Å². The van der Waals surface area contributed by atoms with Crippen LogP contribution in [-0.2, 0) is 0 Å². The van der Waals surface area contributed by atoms with Gasteiger partial charge in [-0.3, -0.25) is 0 Å². The van der Waals surface area contributed by atoms with Crippen molar-refractivity contribution >= 4 is 17.7 Å². The highest BCUT2D eigenvalue weighted by Crippen LogP contribution is 2.18. The van der Waals surface area contributed by atoms with E-state index in [9.17, 15) is 4.79 Å². The highest BCUT2D eigenvalue weighted by atomic mass is 32.2. The maximum absolute atomic E-state index is 10.9. The lowest BCUT2D eigenvalue weighted by atomic mass is 10.2. The lowest BCUT2D eigenvalue weighted by Crippen LogP contribution is -2.00. The zero-order valence-corrected chi connectivity index (χ0v) is 12.6. The number of carboxylic acid groups (broad SMARTS) is 1. The number of hydrogen-bond donors (Lipinski definition) is 1. The van der Waals surface area contributed by atoms with Crippen molar-refractivity contribution in [2.24, 2.45) is 0 Å². The summed E-state index contributed by atoms with van der Waals surface area (Å²) in [6, 6.07) is 11.0. The molecule has 5 heteroatoms. The molecule has 4 nitrogen and oxygen atoms in total. The van der Waals surface area contributed by atoms with Gasteiger partial charge in [-0.25, -0.2) is 9.78 Å². The molecular formula is C16H17NO3S. The quantitative estimate of drug-likeness (QED) is 0.625. The van der Waals surface area contributed by atoms with Crippen LogP contribution in [0.5, 0.6) is 5.75 Å². The summed E-state index contributed by atoms with van der Waals surface area (Å²) in [6.45, 7) is 2.67. The van der Waals surface area contributed by atoms with Crippen LogP contribution in [0.1, 0.15) is 22.3 Å². The number of hydrogen-bond acceptors (Lipinski definition) is 4. The van der Waals surface area contributed by atoms with Crippen LogP contribution in [0.3, 0.4) is 0 Å². The molecule has 0 aliphatic rings. The molecule has 0 saturated carbocycles. The molecule has 0 aliphatic heterocycles. The highest BCUT2D eigenvalue weighted by molar-refractivity contribution is 7.99. The molecule has 1 aromatic heterocycles. The van der Waals surface area contributed by atoms with Gasteiger partial charge in [0.2, 0.25) is 0 Å². The molecule has 1 aromatic carbocycles. The van der Waals surface area contributed by atoms with Crippen molar-refractivity contribution in [2.75, 3.05) is 12.4 Å². The van der Waals surface area contributed by atoms with Crippen LogP contribution >= 0.6 is 11.8 Å². The number of ether oxygens (including phenoxy) is 1. The summed E-state index contributed by atoms with van der Waals surface area (Å²) in [5, 5.41) is 9.64. The van der Waals surface area contributed by atoms with Gasteiger partial charge in [0.05, 0.1) is 17.2 Å². The maximum Gasteiger partial charge on any atom is 0.335 e. The topological polar surface area (TPSA) is 59.4 Å². The van der Waals surface area contributed by atoms with E-state index < -0.39 is 5.97 Å². The molecule has 0 atom stereocenters. The number of rotatable bonds is 7. The summed E-state index contributed by atoms with van der Waals surface area (Å²) >= 11 is 1.54. The summed E-state index contributed by atoms with van der Waals surface area (Å²) in [7, 11) is 0. The number of benzene rings is 1. The van der Waals surface area contributed by atoms with Crippen molar-refractivity contribution < 1.29 is 14.6 Å². The number of carboxylic acids is 1. The molecule has 0 bridgehead atoms. The van der Waals surface area contributed by atoms with Gasteiger partial charge in [0.15, 0.2) is 0 Å². The molecule has 2 rings (SSSR count). The van der Waals surface area contributed by atoms with Crippen molar-refractivity contribution in [3.63, 3.8) is 0 Å². The van der Waals surface area contributed by atoms with Gasteiger partial charge in [0.1, 0.15) is 5.75 Å². The first-order valence-electron chi connectivity index (χ1n) is 6.67. The van der Waals surface area contributed by atoms with Crippen LogP contribution in [0, 0.1) is 6.92 Å². The predicted molar refractivity (Wildman–Crippen MR) is 83.2 cm³/mol. The Morgan fingerprint density at radius 3 is 2.95 bits per heavy atom. The monoisotopic (exact) mass is 303 g/mol. The number of carbonyl (C=O) groups is 1. The maximum atomic E-state index is 10.9. The van der Waals surface area contributed by atoms with Crippen molar-refractivity contribution in [1.29, 1.82) is 0 Å². The molecule has 2 aromatic rings. The molecule has 0 unspecified atom stereocenters. The molecule has 1 N–H and O–H groups in total. The number of aryl methyl sites for hydroxylation is 1. The second-order valence-corrected chi connectivity index (χ2v) is 5.67. The SMILES string of the molecule is Cc1cccc(OCCCSc2cc(C(=O)O)ccn2)c1. The average Bonchev–Trinajstić information content (AvgIpc) is 2.47. The van der Waals surface area contributed by atoms with Crippen LogP contribution in [0.15, 0.2) is 47.6 Å². The Kier molecular flexibility index (Phi) is 5.63. The zero-order chi connectivity index (χ0) is 15.1. The number of aromatic carboxylic acids is 1. The first-order chi connectivity index (χ1) is 10.1. The Morgan fingerprint density at radius 2 is 2.19 bits per heavy atom. The lowest BCUT2D eigenvalue weighted by molar-refractivity contribution is 0.0696. The summed E-state index contributed by atoms with van der Waals surface area (Å²) in [5.74, 6) is 0.787. The summed E-state index contributed by atoms with van der Waals surface area (Å²) in [4.78, 5) is 15.0. The first-order valence-corrected chi connectivity index (χ1v) is 7.65. The van der Waals surface area contributed by atoms with Crippen molar-refractivity contribution in [3.05, 3.63) is 53.7 Å². The van der Waals surface area contributed by atoms with Crippen LogP contribution in [0.2, 0.25) is 0 Å². The third kappa shape index (κ3) is 5.11. The smallest absolute Gasteiger partial charge is 0.335 e. The first kappa shape index (κ1) is 15.4. The van der Waals surface area contributed by atoms with Gasteiger partial charge in [-0.2, -0.15) is 0 Å². The minimum Gasteiger partial charge on any atom is -0.494 e. The number of aromatic nitrogens is 1. The molecule has 0 saturated heterocycles. The van der Waals surface area contributed by atoms with E-state index >= 15 is 0 Å². The highest BCUT2D eigenvalue weighted by Gasteiger charge is 2.04. The van der Waals surface area contributed by atoms with E-state index in [1.54, 1.807) is 6.07 Å². The fourth-order valence-corrected chi connectivity index (χ4v) is 2.57. The molecular weight excluding hydrogens is 286 g/mol. The van der Waals surface area contributed by atoms with Gasteiger partial charge >= 0.3 is 5.97 Å². The lowest BCUT2D eigenvalue weighted by Gasteiger charge is -2.06. The van der Waals surface area contributed by atoms with Gasteiger partial charge in [0.25, 0.3) is 0 Å². The second kappa shape index (κ2) is 7.69. The van der Waals surface area contributed by atoms with E-state index in [0.29, 0.717) is 6.61 Å². The fourth-order valence-electron chi connectivity index (χ4n) is 1.75. The second-order valence-electron chi connectivity index (χ2n) is 4.55. The van der Waals surface area contributed by atoms with Gasteiger partial charge in [-0.05, 0) is 43.2 Å². The zero-order valence-electron chi connectivity index (χ0n) is 11.8. The largest absolute Gasteiger partial charge is 0.494 e. The Morgan fingerprint density at radius 1 is 1.33 bits per heavy atom. The van der Waals surface area contributed by atoms with E-state index in [0.717, 1.165) is 22.9 Å². The van der Waals surface area contributed by atoms with Crippen LogP contribution < -0.4 is 4.74 Å². The normalized spacial score (nSPS) is 10.3. The van der Waals surface area contributed by atoms with E-state index in [1.165, 1.54) is 29.6 Å².